The summed E-state index contributed by atoms with van der Waals surface area (Å²) in [4.78, 5) is 16.0. The van der Waals surface area contributed by atoms with Crippen molar-refractivity contribution in [3.05, 3.63) is 52.3 Å². The molecule has 4 nitrogen and oxygen atoms in total. The minimum absolute atomic E-state index is 0.0949. The number of carbonyl (C=O) groups is 1. The topological polar surface area (TPSA) is 62.2 Å². The molecule has 0 saturated carbocycles. The molecule has 6 heteroatoms. The van der Waals surface area contributed by atoms with Crippen LogP contribution in [0, 0.1) is 0 Å². The number of nitrogens with zero attached hydrogens (tertiary/aromatic N) is 1. The molecule has 20 heavy (non-hydrogen) atoms. The molecular weight excluding hydrogens is 299 g/mol. The van der Waals surface area contributed by atoms with Crippen LogP contribution in [0.15, 0.2) is 36.5 Å². The fourth-order valence-electron chi connectivity index (χ4n) is 1.66. The largest absolute Gasteiger partial charge is 0.504 e. The predicted octanol–water partition coefficient (Wildman–Crippen LogP) is 3.67. The lowest BCUT2D eigenvalue weighted by atomic mass is 10.2. The van der Waals surface area contributed by atoms with Crippen molar-refractivity contribution in [2.75, 3.05) is 5.32 Å². The van der Waals surface area contributed by atoms with Crippen LogP contribution in [0.25, 0.3) is 0 Å². The molecule has 104 valence electrons. The van der Waals surface area contributed by atoms with Crippen LogP contribution >= 0.6 is 23.2 Å². The average Bonchev–Trinajstić information content (AvgIpc) is 2.43. The summed E-state index contributed by atoms with van der Waals surface area (Å²) in [5.41, 5.74) is 1.03. The Morgan fingerprint density at radius 2 is 2.10 bits per heavy atom. The second-order valence-corrected chi connectivity index (χ2v) is 5.00. The smallest absolute Gasteiger partial charge is 0.224 e. The van der Waals surface area contributed by atoms with Crippen LogP contribution in [-0.2, 0) is 11.2 Å². The standard InChI is InChI=1S/C14H12Cl2N2O2/c15-9-7-11(16)14(20)12(8-9)18-13(19)5-4-10-3-1-2-6-17-10/h1-3,6-8,20H,4-5H2,(H,18,19). The SMILES string of the molecule is O=C(CCc1ccccn1)Nc1cc(Cl)cc(Cl)c1O. The molecule has 2 aromatic rings. The van der Waals surface area contributed by atoms with Crippen molar-refractivity contribution in [2.24, 2.45) is 0 Å². The Hall–Kier alpha value is -1.78. The highest BCUT2D eigenvalue weighted by Crippen LogP contribution is 2.35. The van der Waals surface area contributed by atoms with Gasteiger partial charge in [0, 0.05) is 23.3 Å². The summed E-state index contributed by atoms with van der Waals surface area (Å²) in [7, 11) is 0. The van der Waals surface area contributed by atoms with E-state index in [0.717, 1.165) is 5.69 Å². The second-order valence-electron chi connectivity index (χ2n) is 4.15. The molecule has 0 radical (unpaired) electrons. The normalized spacial score (nSPS) is 10.3. The molecule has 1 aromatic heterocycles. The highest BCUT2D eigenvalue weighted by molar-refractivity contribution is 6.36. The Morgan fingerprint density at radius 3 is 2.80 bits per heavy atom. The predicted molar refractivity (Wildman–Crippen MR) is 79.3 cm³/mol. The number of hydrogen-bond donors (Lipinski definition) is 2. The van der Waals surface area contributed by atoms with E-state index in [-0.39, 0.29) is 28.8 Å². The van der Waals surface area contributed by atoms with Gasteiger partial charge in [0.1, 0.15) is 0 Å². The van der Waals surface area contributed by atoms with Crippen LogP contribution in [0.4, 0.5) is 5.69 Å². The quantitative estimate of drug-likeness (QED) is 0.847. The molecule has 0 saturated heterocycles. The molecule has 0 spiro atoms. The molecule has 0 aliphatic rings. The molecule has 0 bridgehead atoms. The zero-order chi connectivity index (χ0) is 14.5. The van der Waals surface area contributed by atoms with Crippen LogP contribution in [0.2, 0.25) is 10.0 Å². The average molecular weight is 311 g/mol. The third-order valence-electron chi connectivity index (χ3n) is 2.64. The maximum Gasteiger partial charge on any atom is 0.224 e. The fourth-order valence-corrected chi connectivity index (χ4v) is 2.15. The summed E-state index contributed by atoms with van der Waals surface area (Å²) in [6.45, 7) is 0. The van der Waals surface area contributed by atoms with Crippen molar-refractivity contribution in [3.63, 3.8) is 0 Å². The van der Waals surface area contributed by atoms with Crippen molar-refractivity contribution in [1.82, 2.24) is 4.98 Å². The van der Waals surface area contributed by atoms with Crippen molar-refractivity contribution in [2.45, 2.75) is 12.8 Å². The lowest BCUT2D eigenvalue weighted by Crippen LogP contribution is -2.12. The zero-order valence-electron chi connectivity index (χ0n) is 10.4. The number of hydrogen-bond acceptors (Lipinski definition) is 3. The van der Waals surface area contributed by atoms with Crippen molar-refractivity contribution in [3.8, 4) is 5.75 Å². The molecule has 0 aliphatic carbocycles. The number of amides is 1. The Kier molecular flexibility index (Phi) is 4.82. The fraction of sp³-hybridized carbons (Fsp3) is 0.143. The van der Waals surface area contributed by atoms with Gasteiger partial charge in [-0.1, -0.05) is 29.3 Å². The van der Waals surface area contributed by atoms with E-state index in [2.05, 4.69) is 10.3 Å². The lowest BCUT2D eigenvalue weighted by Gasteiger charge is -2.09. The summed E-state index contributed by atoms with van der Waals surface area (Å²) in [5.74, 6) is -0.438. The van der Waals surface area contributed by atoms with Crippen molar-refractivity contribution in [1.29, 1.82) is 0 Å². The van der Waals surface area contributed by atoms with Gasteiger partial charge in [-0.2, -0.15) is 0 Å². The number of pyridine rings is 1. The summed E-state index contributed by atoms with van der Waals surface area (Å²) in [6, 6.07) is 8.38. The number of halogens is 2. The van der Waals surface area contributed by atoms with E-state index in [9.17, 15) is 9.90 Å². The van der Waals surface area contributed by atoms with Crippen molar-refractivity contribution < 1.29 is 9.90 Å². The first-order chi connectivity index (χ1) is 9.56. The van der Waals surface area contributed by atoms with Gasteiger partial charge < -0.3 is 10.4 Å². The van der Waals surface area contributed by atoms with Crippen molar-refractivity contribution >= 4 is 34.8 Å². The van der Waals surface area contributed by atoms with Gasteiger partial charge in [0.25, 0.3) is 0 Å². The number of aromatic nitrogens is 1. The molecule has 0 unspecified atom stereocenters. The first-order valence-electron chi connectivity index (χ1n) is 5.94. The molecule has 0 atom stereocenters. The maximum atomic E-state index is 11.8. The zero-order valence-corrected chi connectivity index (χ0v) is 11.9. The van der Waals surface area contributed by atoms with Gasteiger partial charge >= 0.3 is 0 Å². The maximum absolute atomic E-state index is 11.8. The minimum atomic E-state index is -0.246. The number of nitrogens with one attached hydrogen (secondary N) is 1. The van der Waals surface area contributed by atoms with Gasteiger partial charge in [0.05, 0.1) is 10.7 Å². The number of benzene rings is 1. The number of rotatable bonds is 4. The van der Waals surface area contributed by atoms with E-state index in [1.54, 1.807) is 6.20 Å². The van der Waals surface area contributed by atoms with Gasteiger partial charge in [-0.15, -0.1) is 0 Å². The Labute approximate surface area is 126 Å². The van der Waals surface area contributed by atoms with E-state index in [0.29, 0.717) is 11.4 Å². The van der Waals surface area contributed by atoms with E-state index >= 15 is 0 Å². The molecular formula is C14H12Cl2N2O2. The molecule has 1 heterocycles. The molecule has 1 amide bonds. The van der Waals surface area contributed by atoms with Crippen LogP contribution < -0.4 is 5.32 Å². The molecule has 2 rings (SSSR count). The molecule has 2 N–H and O–H groups in total. The number of aromatic hydroxyl groups is 1. The van der Waals surface area contributed by atoms with Crippen LogP contribution in [0.1, 0.15) is 12.1 Å². The molecule has 1 aromatic carbocycles. The van der Waals surface area contributed by atoms with Crippen LogP contribution in [0.3, 0.4) is 0 Å². The minimum Gasteiger partial charge on any atom is -0.504 e. The third kappa shape index (κ3) is 3.85. The third-order valence-corrected chi connectivity index (χ3v) is 3.14. The number of carbonyl (C=O) groups excluding carboxylic acids is 1. The Balaban J connectivity index is 1.98. The highest BCUT2D eigenvalue weighted by Gasteiger charge is 2.11. The Morgan fingerprint density at radius 1 is 1.30 bits per heavy atom. The van der Waals surface area contributed by atoms with Gasteiger partial charge in [0.15, 0.2) is 5.75 Å². The van der Waals surface area contributed by atoms with Gasteiger partial charge in [0.2, 0.25) is 5.91 Å². The first kappa shape index (κ1) is 14.6. The van der Waals surface area contributed by atoms with E-state index in [1.807, 2.05) is 18.2 Å². The van der Waals surface area contributed by atoms with Crippen LogP contribution in [-0.4, -0.2) is 16.0 Å². The summed E-state index contributed by atoms with van der Waals surface area (Å²) in [6.07, 6.45) is 2.44. The second kappa shape index (κ2) is 6.59. The molecule has 0 aliphatic heterocycles. The number of anilines is 1. The number of aryl methyl sites for hydroxylation is 1. The van der Waals surface area contributed by atoms with Gasteiger partial charge in [-0.25, -0.2) is 0 Å². The van der Waals surface area contributed by atoms with E-state index < -0.39 is 0 Å². The molecule has 0 fully saturated rings. The van der Waals surface area contributed by atoms with Gasteiger partial charge in [-0.3, -0.25) is 9.78 Å². The number of phenolic OH excluding ortho intramolecular Hbond substituents is 1. The van der Waals surface area contributed by atoms with E-state index in [4.69, 9.17) is 23.2 Å². The number of phenols is 1. The van der Waals surface area contributed by atoms with Crippen LogP contribution in [0.5, 0.6) is 5.75 Å². The Bertz CT molecular complexity index is 618. The van der Waals surface area contributed by atoms with Gasteiger partial charge in [-0.05, 0) is 30.7 Å². The highest BCUT2D eigenvalue weighted by atomic mass is 35.5. The summed E-state index contributed by atoms with van der Waals surface area (Å²) < 4.78 is 0. The first-order valence-corrected chi connectivity index (χ1v) is 6.69. The summed E-state index contributed by atoms with van der Waals surface area (Å²) in [5, 5.41) is 12.8. The van der Waals surface area contributed by atoms with E-state index in [1.165, 1.54) is 12.1 Å². The monoisotopic (exact) mass is 310 g/mol. The summed E-state index contributed by atoms with van der Waals surface area (Å²) >= 11 is 11.6. The lowest BCUT2D eigenvalue weighted by molar-refractivity contribution is -0.116.